The third-order valence-corrected chi connectivity index (χ3v) is 5.85. The van der Waals surface area contributed by atoms with Crippen molar-refractivity contribution in [2.75, 3.05) is 10.6 Å². The molecule has 0 aliphatic carbocycles. The van der Waals surface area contributed by atoms with Gasteiger partial charge in [0.05, 0.1) is 5.56 Å². The summed E-state index contributed by atoms with van der Waals surface area (Å²) in [5.74, 6) is -2.19. The van der Waals surface area contributed by atoms with Crippen LogP contribution in [0.1, 0.15) is 22.8 Å². The first-order valence-corrected chi connectivity index (χ1v) is 11.7. The van der Waals surface area contributed by atoms with Crippen LogP contribution >= 0.6 is 0 Å². The van der Waals surface area contributed by atoms with E-state index in [1.54, 1.807) is 12.1 Å². The van der Waals surface area contributed by atoms with Crippen LogP contribution in [0.25, 0.3) is 6.08 Å². The molecule has 3 aromatic rings. The molecular weight excluding hydrogens is 486 g/mol. The number of carbonyl (C=O) groups is 3. The summed E-state index contributed by atoms with van der Waals surface area (Å²) in [4.78, 5) is 34.4. The SMILES string of the molecule is CC(=O)Nc1ccc(S(=O)(=O)Oc2cccc(/C=C(\C#N)C(=O)Nc3ccc(C(=O)O)cc3)c2)cc1. The van der Waals surface area contributed by atoms with Gasteiger partial charge >= 0.3 is 16.1 Å². The minimum Gasteiger partial charge on any atom is -0.478 e. The Labute approximate surface area is 206 Å². The van der Waals surface area contributed by atoms with Gasteiger partial charge in [-0.2, -0.15) is 13.7 Å². The molecule has 0 aromatic heterocycles. The highest BCUT2D eigenvalue weighted by molar-refractivity contribution is 7.87. The smallest absolute Gasteiger partial charge is 0.339 e. The first-order valence-electron chi connectivity index (χ1n) is 10.3. The van der Waals surface area contributed by atoms with Gasteiger partial charge in [0.25, 0.3) is 5.91 Å². The molecule has 11 heteroatoms. The Balaban J connectivity index is 1.75. The molecule has 36 heavy (non-hydrogen) atoms. The topological polar surface area (TPSA) is 163 Å². The highest BCUT2D eigenvalue weighted by Crippen LogP contribution is 2.22. The second-order valence-electron chi connectivity index (χ2n) is 7.32. The van der Waals surface area contributed by atoms with Crippen molar-refractivity contribution in [3.63, 3.8) is 0 Å². The lowest BCUT2D eigenvalue weighted by molar-refractivity contribution is -0.114. The van der Waals surface area contributed by atoms with E-state index in [1.165, 1.54) is 79.7 Å². The van der Waals surface area contributed by atoms with Crippen LogP contribution < -0.4 is 14.8 Å². The van der Waals surface area contributed by atoms with Crippen LogP contribution in [0, 0.1) is 11.3 Å². The summed E-state index contributed by atoms with van der Waals surface area (Å²) in [5, 5.41) is 23.4. The number of benzene rings is 3. The average Bonchev–Trinajstić information content (AvgIpc) is 2.82. The van der Waals surface area contributed by atoms with Crippen molar-refractivity contribution in [1.82, 2.24) is 0 Å². The molecule has 0 aliphatic heterocycles. The third-order valence-electron chi connectivity index (χ3n) is 4.59. The van der Waals surface area contributed by atoms with Gasteiger partial charge < -0.3 is 19.9 Å². The van der Waals surface area contributed by atoms with Crippen molar-refractivity contribution in [2.45, 2.75) is 11.8 Å². The highest BCUT2D eigenvalue weighted by Gasteiger charge is 2.17. The van der Waals surface area contributed by atoms with E-state index in [1.807, 2.05) is 0 Å². The molecule has 0 unspecified atom stereocenters. The summed E-state index contributed by atoms with van der Waals surface area (Å²) in [6, 6.07) is 18.4. The van der Waals surface area contributed by atoms with Crippen molar-refractivity contribution in [3.8, 4) is 11.8 Å². The van der Waals surface area contributed by atoms with Gasteiger partial charge in [0.2, 0.25) is 5.91 Å². The fourth-order valence-electron chi connectivity index (χ4n) is 2.95. The normalized spacial score (nSPS) is 11.2. The van der Waals surface area contributed by atoms with E-state index >= 15 is 0 Å². The van der Waals surface area contributed by atoms with Crippen molar-refractivity contribution < 1.29 is 32.1 Å². The molecule has 0 heterocycles. The summed E-state index contributed by atoms with van der Waals surface area (Å²) < 4.78 is 30.4. The summed E-state index contributed by atoms with van der Waals surface area (Å²) in [6.07, 6.45) is 1.25. The van der Waals surface area contributed by atoms with E-state index in [0.717, 1.165) is 0 Å². The minimum absolute atomic E-state index is 0.0412. The molecule has 0 fully saturated rings. The summed E-state index contributed by atoms with van der Waals surface area (Å²) in [6.45, 7) is 1.33. The zero-order chi connectivity index (χ0) is 26.3. The number of nitriles is 1. The van der Waals surface area contributed by atoms with E-state index in [4.69, 9.17) is 9.29 Å². The van der Waals surface area contributed by atoms with E-state index in [9.17, 15) is 28.1 Å². The van der Waals surface area contributed by atoms with E-state index < -0.39 is 22.0 Å². The molecule has 182 valence electrons. The van der Waals surface area contributed by atoms with Crippen LogP contribution in [-0.4, -0.2) is 31.3 Å². The van der Waals surface area contributed by atoms with Gasteiger partial charge in [-0.15, -0.1) is 0 Å². The maximum absolute atomic E-state index is 12.6. The second kappa shape index (κ2) is 11.0. The molecule has 0 saturated heterocycles. The van der Waals surface area contributed by atoms with Crippen LogP contribution in [0.4, 0.5) is 11.4 Å². The Hall–Kier alpha value is -4.95. The Kier molecular flexibility index (Phi) is 7.83. The van der Waals surface area contributed by atoms with Gasteiger partial charge in [-0.3, -0.25) is 9.59 Å². The zero-order valence-electron chi connectivity index (χ0n) is 18.8. The predicted octanol–water partition coefficient (Wildman–Crippen LogP) is 3.66. The Bertz CT molecular complexity index is 1490. The van der Waals surface area contributed by atoms with Crippen LogP contribution in [0.5, 0.6) is 5.75 Å². The standard InChI is InChI=1S/C25H19N3O7S/c1-16(29)27-20-9-11-23(12-10-20)36(33,34)35-22-4-2-3-17(14-22)13-19(15-26)24(30)28-21-7-5-18(6-8-21)25(31)32/h2-14H,1H3,(H,27,29)(H,28,30)(H,31,32)/b19-13+. The number of hydrogen-bond acceptors (Lipinski definition) is 7. The Morgan fingerprint density at radius 3 is 2.14 bits per heavy atom. The number of carbonyl (C=O) groups excluding carboxylic acids is 2. The molecule has 2 amide bonds. The Morgan fingerprint density at radius 1 is 0.944 bits per heavy atom. The van der Waals surface area contributed by atoms with E-state index in [-0.39, 0.29) is 27.7 Å². The Morgan fingerprint density at radius 2 is 1.56 bits per heavy atom. The van der Waals surface area contributed by atoms with Crippen LogP contribution in [0.15, 0.2) is 83.3 Å². The van der Waals surface area contributed by atoms with E-state index in [0.29, 0.717) is 16.9 Å². The third kappa shape index (κ3) is 6.78. The molecule has 3 aromatic carbocycles. The first-order chi connectivity index (χ1) is 17.1. The lowest BCUT2D eigenvalue weighted by atomic mass is 10.1. The summed E-state index contributed by atoms with van der Waals surface area (Å²) >= 11 is 0. The zero-order valence-corrected chi connectivity index (χ0v) is 19.6. The molecule has 0 spiro atoms. The number of carboxylic acid groups (broad SMARTS) is 1. The van der Waals surface area contributed by atoms with Gasteiger partial charge in [0.15, 0.2) is 0 Å². The molecule has 3 rings (SSSR count). The first kappa shape index (κ1) is 25.7. The number of carboxylic acids is 1. The molecule has 0 bridgehead atoms. The van der Waals surface area contributed by atoms with Crippen molar-refractivity contribution in [3.05, 3.63) is 89.5 Å². The quantitative estimate of drug-likeness (QED) is 0.237. The van der Waals surface area contributed by atoms with Gasteiger partial charge in [-0.1, -0.05) is 12.1 Å². The van der Waals surface area contributed by atoms with Gasteiger partial charge in [-0.25, -0.2) is 4.79 Å². The van der Waals surface area contributed by atoms with Crippen LogP contribution in [0.3, 0.4) is 0 Å². The fourth-order valence-corrected chi connectivity index (χ4v) is 3.87. The lowest BCUT2D eigenvalue weighted by Gasteiger charge is -2.09. The number of aromatic carboxylic acids is 1. The second-order valence-corrected chi connectivity index (χ2v) is 8.87. The lowest BCUT2D eigenvalue weighted by Crippen LogP contribution is -2.13. The van der Waals surface area contributed by atoms with Crippen molar-refractivity contribution in [1.29, 1.82) is 5.26 Å². The molecule has 10 nitrogen and oxygen atoms in total. The number of anilines is 2. The van der Waals surface area contributed by atoms with Crippen molar-refractivity contribution in [2.24, 2.45) is 0 Å². The predicted molar refractivity (Wildman–Crippen MR) is 131 cm³/mol. The summed E-state index contributed by atoms with van der Waals surface area (Å²) in [5.41, 5.74) is 0.814. The maximum Gasteiger partial charge on any atom is 0.339 e. The highest BCUT2D eigenvalue weighted by atomic mass is 32.2. The number of rotatable bonds is 8. The van der Waals surface area contributed by atoms with Gasteiger partial charge in [0, 0.05) is 18.3 Å². The molecule has 3 N–H and O–H groups in total. The van der Waals surface area contributed by atoms with Crippen LogP contribution in [0.2, 0.25) is 0 Å². The molecule has 0 aliphatic rings. The number of nitrogens with zero attached hydrogens (tertiary/aromatic N) is 1. The maximum atomic E-state index is 12.6. The minimum atomic E-state index is -4.20. The van der Waals surface area contributed by atoms with E-state index in [2.05, 4.69) is 10.6 Å². The van der Waals surface area contributed by atoms with Gasteiger partial charge in [0.1, 0.15) is 22.3 Å². The number of hydrogen-bond donors (Lipinski definition) is 3. The molecule has 0 saturated carbocycles. The fraction of sp³-hybridized carbons (Fsp3) is 0.0400. The monoisotopic (exact) mass is 505 g/mol. The van der Waals surface area contributed by atoms with Crippen LogP contribution in [-0.2, 0) is 19.7 Å². The molecular formula is C25H19N3O7S. The number of amides is 2. The largest absolute Gasteiger partial charge is 0.478 e. The molecule has 0 atom stereocenters. The van der Waals surface area contributed by atoms with Gasteiger partial charge in [-0.05, 0) is 72.3 Å². The average molecular weight is 506 g/mol. The van der Waals surface area contributed by atoms with Crippen molar-refractivity contribution >= 4 is 45.4 Å². The summed E-state index contributed by atoms with van der Waals surface area (Å²) in [7, 11) is -4.20. The number of nitrogens with one attached hydrogen (secondary N) is 2. The molecule has 0 radical (unpaired) electrons.